The molecule has 0 aliphatic carbocycles. The fourth-order valence-corrected chi connectivity index (χ4v) is 2.10. The van der Waals surface area contributed by atoms with Crippen LogP contribution in [0.5, 0.6) is 0 Å². The van der Waals surface area contributed by atoms with Crippen LogP contribution in [0.2, 0.25) is 0 Å². The summed E-state index contributed by atoms with van der Waals surface area (Å²) in [5, 5.41) is 5.15. The number of hydrogen-bond acceptors (Lipinski definition) is 4. The summed E-state index contributed by atoms with van der Waals surface area (Å²) >= 11 is 0. The Balaban J connectivity index is 0.00000288. The maximum atomic E-state index is 11.6. The van der Waals surface area contributed by atoms with Gasteiger partial charge in [0.05, 0.1) is 19.6 Å². The molecule has 0 saturated heterocycles. The Bertz CT molecular complexity index is 649. The van der Waals surface area contributed by atoms with E-state index in [9.17, 15) is 9.59 Å². The highest BCUT2D eigenvalue weighted by Crippen LogP contribution is 2.04. The Hall–Kier alpha value is -2.09. The van der Waals surface area contributed by atoms with Crippen LogP contribution >= 0.6 is 24.8 Å². The van der Waals surface area contributed by atoms with Gasteiger partial charge in [-0.1, -0.05) is 30.3 Å². The van der Waals surface area contributed by atoms with Crippen molar-refractivity contribution in [1.29, 1.82) is 0 Å². The Morgan fingerprint density at radius 3 is 2.48 bits per heavy atom. The molecule has 0 bridgehead atoms. The third kappa shape index (κ3) is 8.02. The van der Waals surface area contributed by atoms with E-state index in [1.807, 2.05) is 29.0 Å². The molecule has 0 aliphatic heterocycles. The van der Waals surface area contributed by atoms with E-state index < -0.39 is 0 Å². The monoisotopic (exact) mass is 387 g/mol. The highest BCUT2D eigenvalue weighted by molar-refractivity contribution is 5.86. The number of nitrogens with zero attached hydrogens (tertiary/aromatic N) is 2. The van der Waals surface area contributed by atoms with Gasteiger partial charge in [-0.05, 0) is 12.0 Å². The number of nitrogens with two attached hydrogens (primary N) is 1. The lowest BCUT2D eigenvalue weighted by atomic mass is 10.1. The van der Waals surface area contributed by atoms with Crippen LogP contribution in [0, 0.1) is 0 Å². The zero-order valence-corrected chi connectivity index (χ0v) is 15.3. The first kappa shape index (κ1) is 22.9. The van der Waals surface area contributed by atoms with Gasteiger partial charge in [0.2, 0.25) is 11.8 Å². The summed E-state index contributed by atoms with van der Waals surface area (Å²) in [5.74, 6) is 0.147. The van der Waals surface area contributed by atoms with E-state index in [-0.39, 0.29) is 49.7 Å². The molecule has 138 valence electrons. The van der Waals surface area contributed by atoms with Crippen LogP contribution < -0.4 is 16.4 Å². The molecular formula is C16H23Cl2N5O2. The van der Waals surface area contributed by atoms with Crippen molar-refractivity contribution in [1.82, 2.24) is 20.2 Å². The van der Waals surface area contributed by atoms with Crippen LogP contribution in [0.25, 0.3) is 0 Å². The predicted octanol–water partition coefficient (Wildman–Crippen LogP) is 0.661. The minimum absolute atomic E-state index is 0. The topological polar surface area (TPSA) is 102 Å². The number of rotatable bonds is 8. The smallest absolute Gasteiger partial charge is 0.239 e. The Morgan fingerprint density at radius 1 is 1.08 bits per heavy atom. The highest BCUT2D eigenvalue weighted by atomic mass is 35.5. The molecule has 1 aromatic heterocycles. The van der Waals surface area contributed by atoms with Gasteiger partial charge >= 0.3 is 0 Å². The molecule has 0 aliphatic rings. The third-order valence-electron chi connectivity index (χ3n) is 3.36. The number of carbonyl (C=O) groups excluding carboxylic acids is 2. The van der Waals surface area contributed by atoms with Crippen LogP contribution in [-0.2, 0) is 29.1 Å². The molecule has 1 heterocycles. The quantitative estimate of drug-likeness (QED) is 0.618. The maximum absolute atomic E-state index is 11.6. The van der Waals surface area contributed by atoms with Crippen molar-refractivity contribution in [2.24, 2.45) is 5.73 Å². The summed E-state index contributed by atoms with van der Waals surface area (Å²) in [6, 6.07) is 10.2. The lowest BCUT2D eigenvalue weighted by molar-refractivity contribution is -0.125. The van der Waals surface area contributed by atoms with Crippen molar-refractivity contribution < 1.29 is 9.59 Å². The zero-order chi connectivity index (χ0) is 16.5. The van der Waals surface area contributed by atoms with Gasteiger partial charge in [0.25, 0.3) is 0 Å². The Labute approximate surface area is 159 Å². The second kappa shape index (κ2) is 12.3. The lowest BCUT2D eigenvalue weighted by Crippen LogP contribution is -2.39. The molecular weight excluding hydrogens is 365 g/mol. The predicted molar refractivity (Wildman–Crippen MR) is 101 cm³/mol. The number of hydrogen-bond donors (Lipinski definition) is 3. The molecule has 2 rings (SSSR count). The van der Waals surface area contributed by atoms with Gasteiger partial charge in [0, 0.05) is 18.9 Å². The number of nitrogens with one attached hydrogen (secondary N) is 2. The van der Waals surface area contributed by atoms with Gasteiger partial charge in [-0.15, -0.1) is 24.8 Å². The van der Waals surface area contributed by atoms with E-state index in [0.29, 0.717) is 6.54 Å². The molecule has 0 radical (unpaired) electrons. The standard InChI is InChI=1S/C16H21N5O2.2ClH/c17-10-15(22)20-12-16(23)19-11-14-18-7-9-21(14)8-6-13-4-2-1-3-5-13;;/h1-5,7,9H,6,8,10-12,17H2,(H,19,23)(H,20,22);2*1H. The second-order valence-electron chi connectivity index (χ2n) is 5.03. The molecule has 7 nitrogen and oxygen atoms in total. The molecule has 0 spiro atoms. The molecule has 0 saturated carbocycles. The summed E-state index contributed by atoms with van der Waals surface area (Å²) in [5.41, 5.74) is 6.40. The number of benzene rings is 1. The minimum Gasteiger partial charge on any atom is -0.347 e. The first-order valence-electron chi connectivity index (χ1n) is 7.46. The molecule has 1 aromatic carbocycles. The average molecular weight is 388 g/mol. The number of carbonyl (C=O) groups is 2. The largest absolute Gasteiger partial charge is 0.347 e. The summed E-state index contributed by atoms with van der Waals surface area (Å²) in [7, 11) is 0. The summed E-state index contributed by atoms with van der Waals surface area (Å²) < 4.78 is 2.01. The highest BCUT2D eigenvalue weighted by Gasteiger charge is 2.07. The maximum Gasteiger partial charge on any atom is 0.239 e. The number of aromatic nitrogens is 2. The molecule has 4 N–H and O–H groups in total. The van der Waals surface area contributed by atoms with E-state index in [1.165, 1.54) is 5.56 Å². The second-order valence-corrected chi connectivity index (χ2v) is 5.03. The van der Waals surface area contributed by atoms with Crippen molar-refractivity contribution in [3.05, 3.63) is 54.1 Å². The van der Waals surface area contributed by atoms with Gasteiger partial charge in [0.1, 0.15) is 5.82 Å². The zero-order valence-electron chi connectivity index (χ0n) is 13.7. The number of amides is 2. The van der Waals surface area contributed by atoms with Crippen LogP contribution in [-0.4, -0.2) is 34.5 Å². The Morgan fingerprint density at radius 2 is 1.80 bits per heavy atom. The number of aryl methyl sites for hydroxylation is 2. The number of imidazole rings is 1. The van der Waals surface area contributed by atoms with Crippen molar-refractivity contribution in [2.45, 2.75) is 19.5 Å². The molecule has 9 heteroatoms. The molecule has 0 atom stereocenters. The van der Waals surface area contributed by atoms with Crippen LogP contribution in [0.15, 0.2) is 42.7 Å². The molecule has 0 fully saturated rings. The van der Waals surface area contributed by atoms with Gasteiger partial charge < -0.3 is 20.9 Å². The summed E-state index contributed by atoms with van der Waals surface area (Å²) in [6.07, 6.45) is 4.49. The molecule has 2 amide bonds. The average Bonchev–Trinajstić information content (AvgIpc) is 3.04. The SMILES string of the molecule is Cl.Cl.NCC(=O)NCC(=O)NCc1nccn1CCc1ccccc1. The summed E-state index contributed by atoms with van der Waals surface area (Å²) in [4.78, 5) is 26.9. The third-order valence-corrected chi connectivity index (χ3v) is 3.36. The van der Waals surface area contributed by atoms with Gasteiger partial charge in [-0.25, -0.2) is 4.98 Å². The minimum atomic E-state index is -0.357. The fraction of sp³-hybridized carbons (Fsp3) is 0.312. The van der Waals surface area contributed by atoms with Crippen molar-refractivity contribution in [3.63, 3.8) is 0 Å². The normalized spacial score (nSPS) is 9.48. The van der Waals surface area contributed by atoms with Crippen molar-refractivity contribution in [3.8, 4) is 0 Å². The first-order chi connectivity index (χ1) is 11.2. The Kier molecular flexibility index (Phi) is 11.3. The van der Waals surface area contributed by atoms with Gasteiger partial charge in [-0.3, -0.25) is 9.59 Å². The van der Waals surface area contributed by atoms with Crippen molar-refractivity contribution >= 4 is 36.6 Å². The van der Waals surface area contributed by atoms with Crippen molar-refractivity contribution in [2.75, 3.05) is 13.1 Å². The van der Waals surface area contributed by atoms with E-state index in [4.69, 9.17) is 5.73 Å². The van der Waals surface area contributed by atoms with E-state index >= 15 is 0 Å². The van der Waals surface area contributed by atoms with Crippen LogP contribution in [0.4, 0.5) is 0 Å². The van der Waals surface area contributed by atoms with Crippen LogP contribution in [0.3, 0.4) is 0 Å². The number of halogens is 2. The van der Waals surface area contributed by atoms with Gasteiger partial charge in [0.15, 0.2) is 0 Å². The summed E-state index contributed by atoms with van der Waals surface area (Å²) in [6.45, 7) is 0.899. The lowest BCUT2D eigenvalue weighted by Gasteiger charge is -2.09. The molecule has 0 unspecified atom stereocenters. The van der Waals surface area contributed by atoms with E-state index in [1.54, 1.807) is 6.20 Å². The van der Waals surface area contributed by atoms with Gasteiger partial charge in [-0.2, -0.15) is 0 Å². The van der Waals surface area contributed by atoms with Crippen LogP contribution in [0.1, 0.15) is 11.4 Å². The molecule has 2 aromatic rings. The fourth-order valence-electron chi connectivity index (χ4n) is 2.10. The first-order valence-corrected chi connectivity index (χ1v) is 7.46. The molecule has 25 heavy (non-hydrogen) atoms. The van der Waals surface area contributed by atoms with E-state index in [0.717, 1.165) is 18.8 Å². The van der Waals surface area contributed by atoms with E-state index in [2.05, 4.69) is 27.8 Å².